The Morgan fingerprint density at radius 1 is 0.647 bits per heavy atom. The Hall–Kier alpha value is -0.300. The molecule has 0 radical (unpaired) electrons. The first-order chi connectivity index (χ1) is 8.41. The highest BCUT2D eigenvalue weighted by Gasteiger charge is 1.92. The van der Waals surface area contributed by atoms with Gasteiger partial charge in [0.1, 0.15) is 0 Å². The second-order valence-electron chi connectivity index (χ2n) is 4.98. The van der Waals surface area contributed by atoms with Crippen LogP contribution in [0.5, 0.6) is 0 Å². The fourth-order valence-electron chi connectivity index (χ4n) is 2.12. The molecule has 0 saturated carbocycles. The van der Waals surface area contributed by atoms with Crippen LogP contribution in [0.1, 0.15) is 84.0 Å². The van der Waals surface area contributed by atoms with E-state index < -0.39 is 0 Å². The molecule has 102 valence electrons. The fraction of sp³-hybridized carbons (Fsp3) is 0.875. The van der Waals surface area contributed by atoms with E-state index in [0.717, 1.165) is 6.42 Å². The smallest absolute Gasteiger partial charge is 0.0612 e. The van der Waals surface area contributed by atoms with Crippen molar-refractivity contribution in [2.75, 3.05) is 6.61 Å². The van der Waals surface area contributed by atoms with E-state index in [1.54, 1.807) is 0 Å². The van der Waals surface area contributed by atoms with Gasteiger partial charge in [0.2, 0.25) is 0 Å². The Kier molecular flexibility index (Phi) is 15.4. The topological polar surface area (TPSA) is 20.2 Å². The van der Waals surface area contributed by atoms with E-state index in [-0.39, 0.29) is 6.61 Å². The molecule has 17 heavy (non-hydrogen) atoms. The average molecular weight is 240 g/mol. The molecule has 0 aromatic heterocycles. The largest absolute Gasteiger partial charge is 0.392 e. The Bertz CT molecular complexity index is 152. The summed E-state index contributed by atoms with van der Waals surface area (Å²) in [4.78, 5) is 0. The number of aliphatic hydroxyl groups is 1. The minimum absolute atomic E-state index is 0.192. The van der Waals surface area contributed by atoms with Crippen LogP contribution in [0, 0.1) is 0 Å². The molecule has 0 amide bonds. The molecule has 0 bridgehead atoms. The molecule has 0 atom stereocenters. The lowest BCUT2D eigenvalue weighted by Crippen LogP contribution is -1.82. The molecule has 0 aliphatic heterocycles. The number of rotatable bonds is 13. The minimum Gasteiger partial charge on any atom is -0.392 e. The summed E-state index contributed by atoms with van der Waals surface area (Å²) in [5, 5.41) is 8.56. The SMILES string of the molecule is CCCCCCCCCCCCC/C=C\CO. The van der Waals surface area contributed by atoms with Crippen LogP contribution in [0.3, 0.4) is 0 Å². The van der Waals surface area contributed by atoms with E-state index in [1.807, 2.05) is 6.08 Å². The van der Waals surface area contributed by atoms with Gasteiger partial charge in [0.15, 0.2) is 0 Å². The van der Waals surface area contributed by atoms with Gasteiger partial charge in [-0.05, 0) is 12.8 Å². The van der Waals surface area contributed by atoms with Gasteiger partial charge < -0.3 is 5.11 Å². The van der Waals surface area contributed by atoms with Crippen LogP contribution in [0.4, 0.5) is 0 Å². The van der Waals surface area contributed by atoms with Crippen LogP contribution in [-0.2, 0) is 0 Å². The number of hydrogen-bond donors (Lipinski definition) is 1. The molecule has 0 aliphatic carbocycles. The molecule has 0 aromatic carbocycles. The van der Waals surface area contributed by atoms with Gasteiger partial charge in [-0.2, -0.15) is 0 Å². The third-order valence-corrected chi connectivity index (χ3v) is 3.25. The highest BCUT2D eigenvalue weighted by Crippen LogP contribution is 2.11. The van der Waals surface area contributed by atoms with E-state index in [1.165, 1.54) is 70.6 Å². The molecule has 0 aliphatic rings. The second kappa shape index (κ2) is 15.7. The lowest BCUT2D eigenvalue weighted by Gasteiger charge is -2.01. The summed E-state index contributed by atoms with van der Waals surface area (Å²) in [6, 6.07) is 0. The summed E-state index contributed by atoms with van der Waals surface area (Å²) in [6.07, 6.45) is 20.5. The monoisotopic (exact) mass is 240 g/mol. The van der Waals surface area contributed by atoms with E-state index in [0.29, 0.717) is 0 Å². The van der Waals surface area contributed by atoms with Crippen molar-refractivity contribution in [3.05, 3.63) is 12.2 Å². The van der Waals surface area contributed by atoms with Crippen LogP contribution in [0.2, 0.25) is 0 Å². The first kappa shape index (κ1) is 16.7. The van der Waals surface area contributed by atoms with Crippen molar-refractivity contribution in [3.63, 3.8) is 0 Å². The quantitative estimate of drug-likeness (QED) is 0.345. The van der Waals surface area contributed by atoms with Crippen molar-refractivity contribution >= 4 is 0 Å². The van der Waals surface area contributed by atoms with E-state index >= 15 is 0 Å². The van der Waals surface area contributed by atoms with Crippen molar-refractivity contribution in [3.8, 4) is 0 Å². The average Bonchev–Trinajstić information content (AvgIpc) is 2.35. The normalized spacial score (nSPS) is 11.4. The number of allylic oxidation sites excluding steroid dienone is 1. The summed E-state index contributed by atoms with van der Waals surface area (Å²) in [5.41, 5.74) is 0. The van der Waals surface area contributed by atoms with E-state index in [2.05, 4.69) is 13.0 Å². The molecule has 0 fully saturated rings. The summed E-state index contributed by atoms with van der Waals surface area (Å²) in [7, 11) is 0. The molecule has 0 heterocycles. The second-order valence-corrected chi connectivity index (χ2v) is 4.98. The van der Waals surface area contributed by atoms with Gasteiger partial charge in [-0.1, -0.05) is 83.3 Å². The van der Waals surface area contributed by atoms with Gasteiger partial charge in [-0.15, -0.1) is 0 Å². The Labute approximate surface area is 108 Å². The van der Waals surface area contributed by atoms with Crippen LogP contribution in [0.15, 0.2) is 12.2 Å². The van der Waals surface area contributed by atoms with E-state index in [9.17, 15) is 0 Å². The van der Waals surface area contributed by atoms with Crippen molar-refractivity contribution in [1.29, 1.82) is 0 Å². The number of unbranched alkanes of at least 4 members (excludes halogenated alkanes) is 11. The summed E-state index contributed by atoms with van der Waals surface area (Å²) in [5.74, 6) is 0. The molecule has 0 unspecified atom stereocenters. The van der Waals surface area contributed by atoms with Gasteiger partial charge in [0.25, 0.3) is 0 Å². The summed E-state index contributed by atoms with van der Waals surface area (Å²) < 4.78 is 0. The maximum atomic E-state index is 8.56. The van der Waals surface area contributed by atoms with Crippen molar-refractivity contribution in [2.45, 2.75) is 84.0 Å². The molecule has 1 N–H and O–H groups in total. The van der Waals surface area contributed by atoms with Gasteiger partial charge >= 0.3 is 0 Å². The highest BCUT2D eigenvalue weighted by atomic mass is 16.2. The molecule has 0 saturated heterocycles. The number of hydrogen-bond acceptors (Lipinski definition) is 1. The van der Waals surface area contributed by atoms with Crippen molar-refractivity contribution < 1.29 is 5.11 Å². The lowest BCUT2D eigenvalue weighted by atomic mass is 10.1. The first-order valence-electron chi connectivity index (χ1n) is 7.67. The third-order valence-electron chi connectivity index (χ3n) is 3.25. The maximum Gasteiger partial charge on any atom is 0.0612 e. The standard InChI is InChI=1S/C16H32O/c1-2-3-4-5-6-7-8-9-10-11-12-13-14-15-16-17/h14-15,17H,2-13,16H2,1H3/b15-14-. The maximum absolute atomic E-state index is 8.56. The molecule has 0 rings (SSSR count). The Balaban J connectivity index is 2.91. The Morgan fingerprint density at radius 3 is 1.59 bits per heavy atom. The van der Waals surface area contributed by atoms with Crippen LogP contribution >= 0.6 is 0 Å². The predicted octanol–water partition coefficient (Wildman–Crippen LogP) is 5.24. The zero-order valence-corrected chi connectivity index (χ0v) is 11.8. The third kappa shape index (κ3) is 15.7. The van der Waals surface area contributed by atoms with Crippen LogP contribution in [0.25, 0.3) is 0 Å². The van der Waals surface area contributed by atoms with Crippen LogP contribution < -0.4 is 0 Å². The number of aliphatic hydroxyl groups excluding tert-OH is 1. The van der Waals surface area contributed by atoms with Crippen molar-refractivity contribution in [2.24, 2.45) is 0 Å². The predicted molar refractivity (Wildman–Crippen MR) is 77.3 cm³/mol. The van der Waals surface area contributed by atoms with Crippen LogP contribution in [-0.4, -0.2) is 11.7 Å². The van der Waals surface area contributed by atoms with Gasteiger partial charge in [-0.25, -0.2) is 0 Å². The molecule has 1 heteroatoms. The molecular formula is C16H32O. The Morgan fingerprint density at radius 2 is 1.12 bits per heavy atom. The lowest BCUT2D eigenvalue weighted by molar-refractivity contribution is 0.342. The summed E-state index contributed by atoms with van der Waals surface area (Å²) in [6.45, 7) is 2.47. The molecule has 0 spiro atoms. The van der Waals surface area contributed by atoms with Gasteiger partial charge in [0, 0.05) is 0 Å². The molecule has 1 nitrogen and oxygen atoms in total. The zero-order chi connectivity index (χ0) is 12.6. The fourth-order valence-corrected chi connectivity index (χ4v) is 2.12. The molecule has 0 aromatic rings. The summed E-state index contributed by atoms with van der Waals surface area (Å²) >= 11 is 0. The first-order valence-corrected chi connectivity index (χ1v) is 7.67. The minimum atomic E-state index is 0.192. The molecular weight excluding hydrogens is 208 g/mol. The van der Waals surface area contributed by atoms with Gasteiger partial charge in [0.05, 0.1) is 6.61 Å². The zero-order valence-electron chi connectivity index (χ0n) is 11.8. The van der Waals surface area contributed by atoms with Crippen molar-refractivity contribution in [1.82, 2.24) is 0 Å². The van der Waals surface area contributed by atoms with E-state index in [4.69, 9.17) is 5.11 Å². The highest BCUT2D eigenvalue weighted by molar-refractivity contribution is 4.80. The van der Waals surface area contributed by atoms with Gasteiger partial charge in [-0.3, -0.25) is 0 Å².